The van der Waals surface area contributed by atoms with Gasteiger partial charge in [0.1, 0.15) is 5.01 Å². The number of aromatic nitrogens is 1. The molecule has 1 aliphatic rings. The zero-order valence-corrected chi connectivity index (χ0v) is 15.3. The van der Waals surface area contributed by atoms with E-state index in [1.54, 1.807) is 17.5 Å². The largest absolute Gasteiger partial charge is 0.393 e. The Morgan fingerprint density at radius 1 is 1.24 bits per heavy atom. The fourth-order valence-electron chi connectivity index (χ4n) is 3.21. The first-order valence-electron chi connectivity index (χ1n) is 8.67. The fraction of sp³-hybridized carbons (Fsp3) is 0.526. The second-order valence-electron chi connectivity index (χ2n) is 7.02. The average molecular weight is 368 g/mol. The van der Waals surface area contributed by atoms with Gasteiger partial charge < -0.3 is 0 Å². The molecule has 1 atom stereocenters. The van der Waals surface area contributed by atoms with Crippen molar-refractivity contribution in [2.45, 2.75) is 45.3 Å². The van der Waals surface area contributed by atoms with Crippen LogP contribution in [0.25, 0.3) is 10.6 Å². The minimum atomic E-state index is -4.09. The van der Waals surface area contributed by atoms with Crippen LogP contribution < -0.4 is 0 Å². The maximum Gasteiger partial charge on any atom is 0.393 e. The molecule has 6 heteroatoms. The second kappa shape index (κ2) is 7.46. The lowest BCUT2D eigenvalue weighted by molar-refractivity contribution is -0.187. The summed E-state index contributed by atoms with van der Waals surface area (Å²) in [6.45, 7) is 5.68. The van der Waals surface area contributed by atoms with E-state index in [4.69, 9.17) is 0 Å². The number of thiazole rings is 1. The summed E-state index contributed by atoms with van der Waals surface area (Å²) < 4.78 is 38.8. The zero-order valence-electron chi connectivity index (χ0n) is 14.5. The van der Waals surface area contributed by atoms with Gasteiger partial charge in [0.15, 0.2) is 0 Å². The number of hydrogen-bond donors (Lipinski definition) is 0. The Labute approximate surface area is 150 Å². The minimum Gasteiger partial charge on any atom is -0.298 e. The molecule has 2 aromatic rings. The fourth-order valence-corrected chi connectivity index (χ4v) is 4.17. The smallest absolute Gasteiger partial charge is 0.298 e. The van der Waals surface area contributed by atoms with E-state index >= 15 is 0 Å². The number of alkyl halides is 3. The zero-order chi connectivity index (χ0) is 18.0. The Bertz CT molecular complexity index is 691. The van der Waals surface area contributed by atoms with Crippen LogP contribution in [0.5, 0.6) is 0 Å². The van der Waals surface area contributed by atoms with Gasteiger partial charge in [-0.1, -0.05) is 38.1 Å². The second-order valence-corrected chi connectivity index (χ2v) is 8.14. The van der Waals surface area contributed by atoms with Gasteiger partial charge in [-0.15, -0.1) is 11.3 Å². The number of halogens is 3. The molecule has 2 nitrogen and oxygen atoms in total. The first-order valence-corrected chi connectivity index (χ1v) is 9.48. The quantitative estimate of drug-likeness (QED) is 0.687. The van der Waals surface area contributed by atoms with E-state index in [0.717, 1.165) is 22.0 Å². The van der Waals surface area contributed by atoms with Crippen molar-refractivity contribution in [3.8, 4) is 10.6 Å². The highest BCUT2D eigenvalue weighted by Gasteiger charge is 2.41. The van der Waals surface area contributed by atoms with Crippen LogP contribution in [0.3, 0.4) is 0 Å². The maximum atomic E-state index is 12.9. The molecule has 0 amide bonds. The van der Waals surface area contributed by atoms with Gasteiger partial charge in [-0.25, -0.2) is 4.98 Å². The molecule has 0 aliphatic carbocycles. The topological polar surface area (TPSA) is 16.1 Å². The van der Waals surface area contributed by atoms with E-state index in [9.17, 15) is 13.2 Å². The summed E-state index contributed by atoms with van der Waals surface area (Å²) in [5.74, 6) is -0.709. The number of nitrogens with zero attached hydrogens (tertiary/aromatic N) is 2. The van der Waals surface area contributed by atoms with Crippen molar-refractivity contribution < 1.29 is 13.2 Å². The van der Waals surface area contributed by atoms with Crippen molar-refractivity contribution in [3.63, 3.8) is 0 Å². The molecule has 1 aromatic carbocycles. The molecule has 25 heavy (non-hydrogen) atoms. The number of hydrogen-bond acceptors (Lipinski definition) is 3. The Hall–Kier alpha value is -1.40. The van der Waals surface area contributed by atoms with Gasteiger partial charge in [-0.3, -0.25) is 4.90 Å². The Kier molecular flexibility index (Phi) is 5.49. The first-order chi connectivity index (χ1) is 11.8. The maximum absolute atomic E-state index is 12.9. The molecule has 0 saturated carbocycles. The van der Waals surface area contributed by atoms with Crippen LogP contribution in [-0.4, -0.2) is 29.1 Å². The third-order valence-electron chi connectivity index (χ3n) is 4.73. The summed E-state index contributed by atoms with van der Waals surface area (Å²) in [5.41, 5.74) is 2.35. The van der Waals surface area contributed by atoms with Crippen LogP contribution in [0.1, 0.15) is 43.0 Å². The molecule has 1 unspecified atom stereocenters. The molecule has 1 fully saturated rings. The normalized spacial score (nSPS) is 19.5. The number of benzene rings is 1. The SMILES string of the molecule is CC(C)c1ccc(-c2ncc(CN3CCCC(C(F)(F)F)C3)s2)cc1. The monoisotopic (exact) mass is 368 g/mol. The molecule has 0 spiro atoms. The van der Waals surface area contributed by atoms with E-state index in [1.807, 2.05) is 4.90 Å². The van der Waals surface area contributed by atoms with Gasteiger partial charge in [0.25, 0.3) is 0 Å². The summed E-state index contributed by atoms with van der Waals surface area (Å²) in [7, 11) is 0. The number of piperidine rings is 1. The summed E-state index contributed by atoms with van der Waals surface area (Å²) >= 11 is 1.57. The molecule has 2 heterocycles. The van der Waals surface area contributed by atoms with E-state index < -0.39 is 12.1 Å². The highest BCUT2D eigenvalue weighted by Crippen LogP contribution is 2.34. The van der Waals surface area contributed by atoms with E-state index in [0.29, 0.717) is 18.9 Å². The van der Waals surface area contributed by atoms with Gasteiger partial charge in [0, 0.05) is 29.7 Å². The lowest BCUT2D eigenvalue weighted by Gasteiger charge is -2.33. The van der Waals surface area contributed by atoms with Crippen molar-refractivity contribution in [1.82, 2.24) is 9.88 Å². The van der Waals surface area contributed by atoms with Crippen LogP contribution in [-0.2, 0) is 6.54 Å². The molecule has 136 valence electrons. The van der Waals surface area contributed by atoms with Crippen LogP contribution in [0.15, 0.2) is 30.5 Å². The molecular weight excluding hydrogens is 345 g/mol. The summed E-state index contributed by atoms with van der Waals surface area (Å²) in [6.07, 6.45) is -1.44. The van der Waals surface area contributed by atoms with Crippen molar-refractivity contribution in [2.75, 3.05) is 13.1 Å². The van der Waals surface area contributed by atoms with E-state index in [1.165, 1.54) is 5.56 Å². The predicted molar refractivity (Wildman–Crippen MR) is 95.7 cm³/mol. The van der Waals surface area contributed by atoms with Gasteiger partial charge in [-0.05, 0) is 30.9 Å². The molecular formula is C19H23F3N2S. The highest BCUT2D eigenvalue weighted by atomic mass is 32.1. The highest BCUT2D eigenvalue weighted by molar-refractivity contribution is 7.15. The van der Waals surface area contributed by atoms with Gasteiger partial charge in [-0.2, -0.15) is 13.2 Å². The molecule has 1 saturated heterocycles. The molecule has 0 N–H and O–H groups in total. The van der Waals surface area contributed by atoms with Crippen molar-refractivity contribution in [2.24, 2.45) is 5.92 Å². The number of likely N-dealkylation sites (tertiary alicyclic amines) is 1. The third-order valence-corrected chi connectivity index (χ3v) is 5.76. The molecule has 3 rings (SSSR count). The van der Waals surface area contributed by atoms with Crippen molar-refractivity contribution in [3.05, 3.63) is 40.9 Å². The Morgan fingerprint density at radius 2 is 1.96 bits per heavy atom. The van der Waals surface area contributed by atoms with Crippen molar-refractivity contribution in [1.29, 1.82) is 0 Å². The van der Waals surface area contributed by atoms with Gasteiger partial charge in [0.05, 0.1) is 5.92 Å². The third kappa shape index (κ3) is 4.61. The Morgan fingerprint density at radius 3 is 2.60 bits per heavy atom. The van der Waals surface area contributed by atoms with Crippen LogP contribution >= 0.6 is 11.3 Å². The summed E-state index contributed by atoms with van der Waals surface area (Å²) in [4.78, 5) is 7.39. The van der Waals surface area contributed by atoms with Crippen LogP contribution in [0.4, 0.5) is 13.2 Å². The molecule has 1 aliphatic heterocycles. The van der Waals surface area contributed by atoms with Crippen LogP contribution in [0, 0.1) is 5.92 Å². The summed E-state index contributed by atoms with van der Waals surface area (Å²) in [6, 6.07) is 8.36. The molecule has 1 aromatic heterocycles. The van der Waals surface area contributed by atoms with Crippen LogP contribution in [0.2, 0.25) is 0 Å². The Balaban J connectivity index is 1.65. The molecule has 0 radical (unpaired) electrons. The average Bonchev–Trinajstić information content (AvgIpc) is 3.03. The van der Waals surface area contributed by atoms with E-state index in [-0.39, 0.29) is 13.0 Å². The minimum absolute atomic E-state index is 0.0970. The van der Waals surface area contributed by atoms with E-state index in [2.05, 4.69) is 43.1 Å². The van der Waals surface area contributed by atoms with Crippen molar-refractivity contribution >= 4 is 11.3 Å². The van der Waals surface area contributed by atoms with Gasteiger partial charge in [0.2, 0.25) is 0 Å². The van der Waals surface area contributed by atoms with Gasteiger partial charge >= 0.3 is 6.18 Å². The standard InChI is InChI=1S/C19H23F3N2S/c1-13(2)14-5-7-15(8-6-14)18-23-10-17(25-18)12-24-9-3-4-16(11-24)19(20,21)22/h5-8,10,13,16H,3-4,9,11-12H2,1-2H3. The summed E-state index contributed by atoms with van der Waals surface area (Å²) in [5, 5.41) is 0.926. The molecule has 0 bridgehead atoms. The lowest BCUT2D eigenvalue weighted by Crippen LogP contribution is -2.41. The lowest BCUT2D eigenvalue weighted by atomic mass is 9.97. The predicted octanol–water partition coefficient (Wildman–Crippen LogP) is 5.71. The number of rotatable bonds is 4. The first kappa shape index (κ1) is 18.4.